The molecule has 1 aliphatic heterocycles. The van der Waals surface area contributed by atoms with Gasteiger partial charge in [-0.05, 0) is 37.8 Å². The molecule has 6 nitrogen and oxygen atoms in total. The fourth-order valence-electron chi connectivity index (χ4n) is 3.14. The van der Waals surface area contributed by atoms with E-state index in [1.807, 2.05) is 4.90 Å². The van der Waals surface area contributed by atoms with Crippen molar-refractivity contribution in [2.75, 3.05) is 13.1 Å². The molecule has 6 heteroatoms. The van der Waals surface area contributed by atoms with Crippen molar-refractivity contribution in [1.29, 1.82) is 0 Å². The summed E-state index contributed by atoms with van der Waals surface area (Å²) in [6.45, 7) is 2.82. The van der Waals surface area contributed by atoms with Crippen molar-refractivity contribution in [3.63, 3.8) is 0 Å². The lowest BCUT2D eigenvalue weighted by Crippen LogP contribution is -2.45. The molecular formula is C16H21N3O3. The number of carbonyl (C=O) groups is 2. The van der Waals surface area contributed by atoms with E-state index in [-0.39, 0.29) is 29.3 Å². The van der Waals surface area contributed by atoms with Gasteiger partial charge in [-0.1, -0.05) is 0 Å². The fourth-order valence-corrected chi connectivity index (χ4v) is 3.14. The van der Waals surface area contributed by atoms with Gasteiger partial charge < -0.3 is 14.9 Å². The average Bonchev–Trinajstić information content (AvgIpc) is 3.22. The summed E-state index contributed by atoms with van der Waals surface area (Å²) in [6.07, 6.45) is 5.42. The predicted molar refractivity (Wildman–Crippen MR) is 80.4 cm³/mol. The maximum atomic E-state index is 12.6. The summed E-state index contributed by atoms with van der Waals surface area (Å²) < 4.78 is 0. The van der Waals surface area contributed by atoms with Gasteiger partial charge >= 0.3 is 0 Å². The maximum Gasteiger partial charge on any atom is 0.276 e. The van der Waals surface area contributed by atoms with Crippen molar-refractivity contribution in [3.8, 4) is 5.75 Å². The van der Waals surface area contributed by atoms with Crippen LogP contribution in [-0.4, -0.2) is 56.9 Å². The van der Waals surface area contributed by atoms with Gasteiger partial charge in [0, 0.05) is 38.3 Å². The zero-order chi connectivity index (χ0) is 15.7. The number of amides is 2. The zero-order valence-corrected chi connectivity index (χ0v) is 12.7. The van der Waals surface area contributed by atoms with Gasteiger partial charge in [0.15, 0.2) is 5.69 Å². The zero-order valence-electron chi connectivity index (χ0n) is 12.7. The first kappa shape index (κ1) is 14.8. The van der Waals surface area contributed by atoms with Crippen LogP contribution in [0.4, 0.5) is 0 Å². The molecule has 0 spiro atoms. The third-order valence-electron chi connectivity index (χ3n) is 4.43. The van der Waals surface area contributed by atoms with Crippen LogP contribution in [0, 0.1) is 0 Å². The van der Waals surface area contributed by atoms with Crippen molar-refractivity contribution in [1.82, 2.24) is 14.8 Å². The Bertz CT molecular complexity index is 586. The van der Waals surface area contributed by atoms with Crippen molar-refractivity contribution in [3.05, 3.63) is 24.0 Å². The first-order valence-corrected chi connectivity index (χ1v) is 7.80. The molecule has 22 heavy (non-hydrogen) atoms. The highest BCUT2D eigenvalue weighted by Gasteiger charge is 2.37. The summed E-state index contributed by atoms with van der Waals surface area (Å²) in [7, 11) is 0. The SMILES string of the molecule is CC(=O)N(CC1CCCN1C(=O)c1ncccc1O)C1CC1. The lowest BCUT2D eigenvalue weighted by Gasteiger charge is -2.30. The van der Waals surface area contributed by atoms with Gasteiger partial charge in [0.2, 0.25) is 5.91 Å². The first-order chi connectivity index (χ1) is 10.6. The number of carbonyl (C=O) groups excluding carboxylic acids is 2. The summed E-state index contributed by atoms with van der Waals surface area (Å²) in [5, 5.41) is 9.82. The number of pyridine rings is 1. The van der Waals surface area contributed by atoms with Crippen LogP contribution in [0.3, 0.4) is 0 Å². The molecule has 1 saturated carbocycles. The largest absolute Gasteiger partial charge is 0.505 e. The Labute approximate surface area is 129 Å². The second-order valence-electron chi connectivity index (χ2n) is 6.07. The lowest BCUT2D eigenvalue weighted by molar-refractivity contribution is -0.130. The number of rotatable bonds is 4. The van der Waals surface area contributed by atoms with E-state index < -0.39 is 0 Å². The van der Waals surface area contributed by atoms with Crippen LogP contribution in [0.15, 0.2) is 18.3 Å². The van der Waals surface area contributed by atoms with Crippen molar-refractivity contribution in [2.45, 2.75) is 44.7 Å². The smallest absolute Gasteiger partial charge is 0.276 e. The molecule has 0 bridgehead atoms. The average molecular weight is 303 g/mol. The third-order valence-corrected chi connectivity index (χ3v) is 4.43. The Morgan fingerprint density at radius 2 is 2.18 bits per heavy atom. The van der Waals surface area contributed by atoms with Crippen LogP contribution in [-0.2, 0) is 4.79 Å². The summed E-state index contributed by atoms with van der Waals surface area (Å²) >= 11 is 0. The minimum absolute atomic E-state index is 0.0124. The Balaban J connectivity index is 1.74. The lowest BCUT2D eigenvalue weighted by atomic mass is 10.2. The van der Waals surface area contributed by atoms with E-state index in [0.717, 1.165) is 25.7 Å². The van der Waals surface area contributed by atoms with E-state index in [1.54, 1.807) is 17.9 Å². The van der Waals surface area contributed by atoms with Gasteiger partial charge in [-0.2, -0.15) is 0 Å². The number of nitrogens with zero attached hydrogens (tertiary/aromatic N) is 3. The topological polar surface area (TPSA) is 73.7 Å². The van der Waals surface area contributed by atoms with Gasteiger partial charge in [0.25, 0.3) is 5.91 Å². The number of aromatic hydroxyl groups is 1. The Morgan fingerprint density at radius 3 is 2.82 bits per heavy atom. The van der Waals surface area contributed by atoms with Crippen LogP contribution >= 0.6 is 0 Å². The van der Waals surface area contributed by atoms with E-state index in [9.17, 15) is 14.7 Å². The molecule has 0 radical (unpaired) electrons. The standard InChI is InChI=1S/C16H21N3O3/c1-11(20)19(12-6-7-12)10-13-4-3-9-18(13)16(22)15-14(21)5-2-8-17-15/h2,5,8,12-13,21H,3-4,6-7,9-10H2,1H3. The number of likely N-dealkylation sites (tertiary alicyclic amines) is 1. The van der Waals surface area contributed by atoms with E-state index >= 15 is 0 Å². The number of hydrogen-bond donors (Lipinski definition) is 1. The van der Waals surface area contributed by atoms with Gasteiger partial charge in [-0.25, -0.2) is 4.98 Å². The molecule has 1 aromatic rings. The highest BCUT2D eigenvalue weighted by atomic mass is 16.3. The van der Waals surface area contributed by atoms with Crippen LogP contribution in [0.5, 0.6) is 5.75 Å². The van der Waals surface area contributed by atoms with Crippen LogP contribution in [0.25, 0.3) is 0 Å². The van der Waals surface area contributed by atoms with Gasteiger partial charge in [0.1, 0.15) is 5.75 Å². The van der Waals surface area contributed by atoms with Gasteiger partial charge in [-0.3, -0.25) is 9.59 Å². The van der Waals surface area contributed by atoms with Crippen LogP contribution in [0.2, 0.25) is 0 Å². The molecule has 1 unspecified atom stereocenters. The molecule has 1 aromatic heterocycles. The molecule has 2 fully saturated rings. The molecule has 1 saturated heterocycles. The molecule has 2 aliphatic rings. The Kier molecular flexibility index (Phi) is 4.00. The van der Waals surface area contributed by atoms with Crippen molar-refractivity contribution < 1.29 is 14.7 Å². The fraction of sp³-hybridized carbons (Fsp3) is 0.562. The minimum Gasteiger partial charge on any atom is -0.505 e. The van der Waals surface area contributed by atoms with Crippen LogP contribution < -0.4 is 0 Å². The predicted octanol–water partition coefficient (Wildman–Crippen LogP) is 1.40. The van der Waals surface area contributed by atoms with Gasteiger partial charge in [-0.15, -0.1) is 0 Å². The molecule has 2 amide bonds. The minimum atomic E-state index is -0.250. The molecular weight excluding hydrogens is 282 g/mol. The summed E-state index contributed by atoms with van der Waals surface area (Å²) in [6, 6.07) is 3.42. The summed E-state index contributed by atoms with van der Waals surface area (Å²) in [4.78, 5) is 32.0. The van der Waals surface area contributed by atoms with Crippen LogP contribution in [0.1, 0.15) is 43.1 Å². The molecule has 1 N–H and O–H groups in total. The third kappa shape index (κ3) is 2.91. The van der Waals surface area contributed by atoms with Crippen molar-refractivity contribution in [2.24, 2.45) is 0 Å². The molecule has 1 atom stereocenters. The second kappa shape index (κ2) is 5.94. The van der Waals surface area contributed by atoms with Gasteiger partial charge in [0.05, 0.1) is 0 Å². The van der Waals surface area contributed by atoms with E-state index in [0.29, 0.717) is 19.1 Å². The molecule has 0 aromatic carbocycles. The first-order valence-electron chi connectivity index (χ1n) is 7.80. The molecule has 118 valence electrons. The van der Waals surface area contributed by atoms with E-state index in [1.165, 1.54) is 12.3 Å². The summed E-state index contributed by atoms with van der Waals surface area (Å²) in [5.74, 6) is -0.272. The normalized spacial score (nSPS) is 21.0. The maximum absolute atomic E-state index is 12.6. The number of hydrogen-bond acceptors (Lipinski definition) is 4. The van der Waals surface area contributed by atoms with E-state index in [4.69, 9.17) is 0 Å². The van der Waals surface area contributed by atoms with E-state index in [2.05, 4.69) is 4.98 Å². The summed E-state index contributed by atoms with van der Waals surface area (Å²) in [5.41, 5.74) is 0.0928. The molecule has 1 aliphatic carbocycles. The number of aromatic nitrogens is 1. The molecule has 3 rings (SSSR count). The molecule has 2 heterocycles. The highest BCUT2D eigenvalue weighted by molar-refractivity contribution is 5.95. The Hall–Kier alpha value is -2.11. The quantitative estimate of drug-likeness (QED) is 0.912. The highest BCUT2D eigenvalue weighted by Crippen LogP contribution is 2.30. The second-order valence-corrected chi connectivity index (χ2v) is 6.07. The van der Waals surface area contributed by atoms with Crippen molar-refractivity contribution >= 4 is 11.8 Å². The Morgan fingerprint density at radius 1 is 1.41 bits per heavy atom. The monoisotopic (exact) mass is 303 g/mol.